The number of rotatable bonds is 4. The Hall–Kier alpha value is -1.36. The van der Waals surface area contributed by atoms with Crippen molar-refractivity contribution >= 4 is 40.7 Å². The van der Waals surface area contributed by atoms with E-state index < -0.39 is 0 Å². The number of phenolic OH excluding ortho intramolecular Hbond substituents is 2. The lowest BCUT2D eigenvalue weighted by atomic mass is 10.1. The fourth-order valence-electron chi connectivity index (χ4n) is 1.51. The Kier molecular flexibility index (Phi) is 4.81. The number of hydrogen-bond donors (Lipinski definition) is 2. The number of benzene rings is 2. The van der Waals surface area contributed by atoms with Crippen molar-refractivity contribution in [1.82, 2.24) is 0 Å². The molecule has 2 aromatic carbocycles. The molecule has 3 nitrogen and oxygen atoms in total. The summed E-state index contributed by atoms with van der Waals surface area (Å²) in [5.41, 5.74) is 0.325. The summed E-state index contributed by atoms with van der Waals surface area (Å²) >= 11 is 13.1. The van der Waals surface area contributed by atoms with Gasteiger partial charge in [0.2, 0.25) is 0 Å². The minimum absolute atomic E-state index is 0.157. The normalized spacial score (nSPS) is 10.5. The van der Waals surface area contributed by atoms with Crippen LogP contribution in [-0.2, 0) is 0 Å². The summed E-state index contributed by atoms with van der Waals surface area (Å²) < 4.78 is 0. The van der Waals surface area contributed by atoms with Crippen LogP contribution >= 0.6 is 35.0 Å². The summed E-state index contributed by atoms with van der Waals surface area (Å²) in [6.45, 7) is 0. The van der Waals surface area contributed by atoms with Gasteiger partial charge in [-0.1, -0.05) is 23.2 Å². The number of carbonyl (C=O) groups is 1. The maximum absolute atomic E-state index is 12.0. The Morgan fingerprint density at radius 1 is 1.05 bits per heavy atom. The Bertz CT molecular complexity index is 659. The highest BCUT2D eigenvalue weighted by Gasteiger charge is 2.11. The molecule has 0 saturated heterocycles. The van der Waals surface area contributed by atoms with Crippen LogP contribution in [0.15, 0.2) is 41.3 Å². The van der Waals surface area contributed by atoms with Gasteiger partial charge in [0.1, 0.15) is 0 Å². The summed E-state index contributed by atoms with van der Waals surface area (Å²) in [5.74, 6) is -0.598. The molecular formula is C14H10Cl2O3S. The number of halogens is 2. The van der Waals surface area contributed by atoms with Crippen LogP contribution in [0.3, 0.4) is 0 Å². The Morgan fingerprint density at radius 2 is 1.80 bits per heavy atom. The van der Waals surface area contributed by atoms with Crippen LogP contribution in [0.2, 0.25) is 10.0 Å². The van der Waals surface area contributed by atoms with Crippen molar-refractivity contribution in [2.24, 2.45) is 0 Å². The van der Waals surface area contributed by atoms with Crippen molar-refractivity contribution in [3.05, 3.63) is 52.0 Å². The van der Waals surface area contributed by atoms with E-state index in [1.165, 1.54) is 30.0 Å². The lowest BCUT2D eigenvalue weighted by molar-refractivity contribution is 0.102. The van der Waals surface area contributed by atoms with Crippen molar-refractivity contribution in [3.63, 3.8) is 0 Å². The molecule has 20 heavy (non-hydrogen) atoms. The van der Waals surface area contributed by atoms with Gasteiger partial charge in [-0.3, -0.25) is 4.79 Å². The van der Waals surface area contributed by atoms with Gasteiger partial charge in [0, 0.05) is 15.5 Å². The maximum atomic E-state index is 12.0. The number of hydrogen-bond acceptors (Lipinski definition) is 4. The van der Waals surface area contributed by atoms with Gasteiger partial charge in [0.25, 0.3) is 0 Å². The van der Waals surface area contributed by atoms with Crippen LogP contribution in [-0.4, -0.2) is 21.7 Å². The standard InChI is InChI=1S/C14H10Cl2O3S/c15-9-2-3-10(16)14(6-9)20-7-13(19)8-1-4-11(17)12(18)5-8/h1-6,17-18H,7H2. The fraction of sp³-hybridized carbons (Fsp3) is 0.0714. The molecular weight excluding hydrogens is 319 g/mol. The zero-order valence-corrected chi connectivity index (χ0v) is 12.5. The largest absolute Gasteiger partial charge is 0.504 e. The third kappa shape index (κ3) is 3.60. The number of phenols is 2. The summed E-state index contributed by atoms with van der Waals surface area (Å²) in [6.07, 6.45) is 0. The number of Topliss-reactive ketones (excluding diaryl/α,β-unsaturated/α-hetero) is 1. The topological polar surface area (TPSA) is 57.5 Å². The predicted octanol–water partition coefficient (Wildman–Crippen LogP) is 4.38. The fourth-order valence-corrected chi connectivity index (χ4v) is 2.90. The smallest absolute Gasteiger partial charge is 0.173 e. The first-order valence-corrected chi connectivity index (χ1v) is 7.34. The lowest BCUT2D eigenvalue weighted by Gasteiger charge is -2.05. The molecule has 104 valence electrons. The molecule has 0 heterocycles. The van der Waals surface area contributed by atoms with Crippen molar-refractivity contribution in [3.8, 4) is 11.5 Å². The second-order valence-corrected chi connectivity index (χ2v) is 5.85. The molecule has 0 amide bonds. The molecule has 0 atom stereocenters. The third-order valence-electron chi connectivity index (χ3n) is 2.55. The molecule has 0 fully saturated rings. The maximum Gasteiger partial charge on any atom is 0.173 e. The predicted molar refractivity (Wildman–Crippen MR) is 81.3 cm³/mol. The minimum atomic E-state index is -0.318. The van der Waals surface area contributed by atoms with E-state index in [0.29, 0.717) is 15.6 Å². The van der Waals surface area contributed by atoms with E-state index >= 15 is 0 Å². The van der Waals surface area contributed by atoms with Gasteiger partial charge in [-0.15, -0.1) is 11.8 Å². The van der Waals surface area contributed by atoms with Crippen LogP contribution in [0, 0.1) is 0 Å². The van der Waals surface area contributed by atoms with Crippen molar-refractivity contribution < 1.29 is 15.0 Å². The SMILES string of the molecule is O=C(CSc1cc(Cl)ccc1Cl)c1ccc(O)c(O)c1. The number of ketones is 1. The number of aromatic hydroxyl groups is 2. The molecule has 0 aliphatic carbocycles. The molecule has 0 aliphatic rings. The molecule has 0 aliphatic heterocycles. The van der Waals surface area contributed by atoms with Crippen molar-refractivity contribution in [2.45, 2.75) is 4.90 Å². The number of thioether (sulfide) groups is 1. The van der Waals surface area contributed by atoms with Crippen LogP contribution in [0.1, 0.15) is 10.4 Å². The molecule has 0 saturated carbocycles. The summed E-state index contributed by atoms with van der Waals surface area (Å²) in [6, 6.07) is 9.00. The highest BCUT2D eigenvalue weighted by molar-refractivity contribution is 8.00. The molecule has 0 spiro atoms. The summed E-state index contributed by atoms with van der Waals surface area (Å²) in [4.78, 5) is 12.7. The first kappa shape index (κ1) is 15.0. The molecule has 0 bridgehead atoms. The number of carbonyl (C=O) groups excluding carboxylic acids is 1. The van der Waals surface area contributed by atoms with E-state index in [-0.39, 0.29) is 23.0 Å². The van der Waals surface area contributed by atoms with Gasteiger partial charge in [-0.25, -0.2) is 0 Å². The average Bonchev–Trinajstić information content (AvgIpc) is 2.42. The quantitative estimate of drug-likeness (QED) is 0.496. The van der Waals surface area contributed by atoms with Crippen LogP contribution < -0.4 is 0 Å². The summed E-state index contributed by atoms with van der Waals surface area (Å²) in [5, 5.41) is 19.6. The van der Waals surface area contributed by atoms with E-state index in [4.69, 9.17) is 23.2 Å². The van der Waals surface area contributed by atoms with Crippen LogP contribution in [0.4, 0.5) is 0 Å². The first-order chi connectivity index (χ1) is 9.47. The Morgan fingerprint density at radius 3 is 2.50 bits per heavy atom. The Labute approximate surface area is 130 Å². The van der Waals surface area contributed by atoms with E-state index in [1.807, 2.05) is 0 Å². The molecule has 2 N–H and O–H groups in total. The molecule has 0 radical (unpaired) electrons. The third-order valence-corrected chi connectivity index (χ3v) is 4.28. The molecule has 2 rings (SSSR count). The van der Waals surface area contributed by atoms with Gasteiger partial charge in [-0.05, 0) is 36.4 Å². The monoisotopic (exact) mass is 328 g/mol. The van der Waals surface area contributed by atoms with E-state index in [0.717, 1.165) is 4.90 Å². The van der Waals surface area contributed by atoms with Gasteiger partial charge in [0.05, 0.1) is 10.8 Å². The molecule has 2 aromatic rings. The Balaban J connectivity index is 2.08. The molecule has 6 heteroatoms. The first-order valence-electron chi connectivity index (χ1n) is 5.60. The molecule has 0 unspecified atom stereocenters. The second-order valence-electron chi connectivity index (χ2n) is 3.99. The van der Waals surface area contributed by atoms with Crippen molar-refractivity contribution in [1.29, 1.82) is 0 Å². The summed E-state index contributed by atoms with van der Waals surface area (Å²) in [7, 11) is 0. The zero-order valence-electron chi connectivity index (χ0n) is 10.1. The van der Waals surface area contributed by atoms with E-state index in [1.54, 1.807) is 18.2 Å². The second kappa shape index (κ2) is 6.39. The van der Waals surface area contributed by atoms with Crippen molar-refractivity contribution in [2.75, 3.05) is 5.75 Å². The van der Waals surface area contributed by atoms with Gasteiger partial charge in [0.15, 0.2) is 17.3 Å². The highest BCUT2D eigenvalue weighted by Crippen LogP contribution is 2.31. The highest BCUT2D eigenvalue weighted by atomic mass is 35.5. The van der Waals surface area contributed by atoms with Crippen LogP contribution in [0.25, 0.3) is 0 Å². The van der Waals surface area contributed by atoms with Gasteiger partial charge in [-0.2, -0.15) is 0 Å². The average molecular weight is 329 g/mol. The van der Waals surface area contributed by atoms with Gasteiger partial charge < -0.3 is 10.2 Å². The van der Waals surface area contributed by atoms with E-state index in [9.17, 15) is 15.0 Å². The zero-order chi connectivity index (χ0) is 14.7. The van der Waals surface area contributed by atoms with E-state index in [2.05, 4.69) is 0 Å². The minimum Gasteiger partial charge on any atom is -0.504 e. The molecule has 0 aromatic heterocycles. The van der Waals surface area contributed by atoms with Crippen LogP contribution in [0.5, 0.6) is 11.5 Å². The lowest BCUT2D eigenvalue weighted by Crippen LogP contribution is -2.02. The van der Waals surface area contributed by atoms with Gasteiger partial charge >= 0.3 is 0 Å².